The first-order valence-corrected chi connectivity index (χ1v) is 7.53. The van der Waals surface area contributed by atoms with Crippen molar-refractivity contribution in [3.63, 3.8) is 0 Å². The van der Waals surface area contributed by atoms with Gasteiger partial charge in [-0.15, -0.1) is 0 Å². The maximum absolute atomic E-state index is 12.3. The Labute approximate surface area is 140 Å². The van der Waals surface area contributed by atoms with Gasteiger partial charge in [0.2, 0.25) is 0 Å². The normalized spacial score (nSPS) is 9.83. The van der Waals surface area contributed by atoms with Crippen LogP contribution >= 0.6 is 12.2 Å². The first kappa shape index (κ1) is 16.8. The molecule has 23 heavy (non-hydrogen) atoms. The summed E-state index contributed by atoms with van der Waals surface area (Å²) in [7, 11) is 1.60. The number of benzene rings is 2. The van der Waals surface area contributed by atoms with Crippen LogP contribution in [0.5, 0.6) is 11.5 Å². The van der Waals surface area contributed by atoms with Gasteiger partial charge in [-0.1, -0.05) is 12.1 Å². The van der Waals surface area contributed by atoms with Gasteiger partial charge in [0, 0.05) is 5.69 Å². The van der Waals surface area contributed by atoms with Crippen LogP contribution in [0.3, 0.4) is 0 Å². The first-order chi connectivity index (χ1) is 11.1. The number of hydrogen-bond acceptors (Lipinski definition) is 4. The molecule has 0 aromatic heterocycles. The van der Waals surface area contributed by atoms with Gasteiger partial charge in [-0.05, 0) is 55.5 Å². The maximum atomic E-state index is 12.3. The highest BCUT2D eigenvalue weighted by Gasteiger charge is 2.13. The summed E-state index contributed by atoms with van der Waals surface area (Å²) in [4.78, 5) is 12.3. The Bertz CT molecular complexity index is 686. The molecule has 0 aliphatic carbocycles. The first-order valence-electron chi connectivity index (χ1n) is 7.12. The van der Waals surface area contributed by atoms with E-state index in [2.05, 4.69) is 10.6 Å². The van der Waals surface area contributed by atoms with E-state index >= 15 is 0 Å². The molecule has 0 bridgehead atoms. The third-order valence-corrected chi connectivity index (χ3v) is 3.21. The fourth-order valence-electron chi connectivity index (χ4n) is 1.94. The van der Waals surface area contributed by atoms with Crippen LogP contribution in [0.25, 0.3) is 0 Å². The van der Waals surface area contributed by atoms with Crippen molar-refractivity contribution < 1.29 is 14.3 Å². The van der Waals surface area contributed by atoms with Crippen molar-refractivity contribution >= 4 is 28.9 Å². The molecule has 0 aliphatic heterocycles. The lowest BCUT2D eigenvalue weighted by molar-refractivity contribution is 0.0974. The number of hydrogen-bond donors (Lipinski definition) is 2. The predicted molar refractivity (Wildman–Crippen MR) is 94.3 cm³/mol. The molecule has 0 heterocycles. The van der Waals surface area contributed by atoms with Crippen LogP contribution in [0.1, 0.15) is 17.3 Å². The van der Waals surface area contributed by atoms with Gasteiger partial charge in [0.05, 0.1) is 19.3 Å². The Hall–Kier alpha value is -2.60. The highest BCUT2D eigenvalue weighted by molar-refractivity contribution is 7.80. The third kappa shape index (κ3) is 4.69. The molecule has 0 fully saturated rings. The van der Waals surface area contributed by atoms with Gasteiger partial charge >= 0.3 is 0 Å². The minimum Gasteiger partial charge on any atom is -0.497 e. The van der Waals surface area contributed by atoms with Crippen molar-refractivity contribution in [2.75, 3.05) is 19.0 Å². The van der Waals surface area contributed by atoms with Crippen LogP contribution < -0.4 is 20.1 Å². The minimum absolute atomic E-state index is 0.214. The minimum atomic E-state index is -0.319. The molecule has 5 nitrogen and oxygen atoms in total. The highest BCUT2D eigenvalue weighted by atomic mass is 32.1. The Kier molecular flexibility index (Phi) is 5.94. The Morgan fingerprint density at radius 1 is 1.13 bits per heavy atom. The molecule has 0 aliphatic rings. The van der Waals surface area contributed by atoms with Gasteiger partial charge < -0.3 is 14.8 Å². The van der Waals surface area contributed by atoms with Crippen LogP contribution in [0.2, 0.25) is 0 Å². The highest BCUT2D eigenvalue weighted by Crippen LogP contribution is 2.18. The number of anilines is 1. The summed E-state index contributed by atoms with van der Waals surface area (Å²) < 4.78 is 10.5. The number of amides is 1. The number of rotatable bonds is 5. The van der Waals surface area contributed by atoms with E-state index in [4.69, 9.17) is 21.7 Å². The van der Waals surface area contributed by atoms with Crippen LogP contribution in [-0.2, 0) is 0 Å². The second-order valence-corrected chi connectivity index (χ2v) is 4.97. The Balaban J connectivity index is 2.00. The van der Waals surface area contributed by atoms with E-state index in [-0.39, 0.29) is 11.0 Å². The van der Waals surface area contributed by atoms with E-state index in [1.807, 2.05) is 25.1 Å². The quantitative estimate of drug-likeness (QED) is 0.824. The fourth-order valence-corrected chi connectivity index (χ4v) is 2.15. The molecule has 1 amide bonds. The van der Waals surface area contributed by atoms with Gasteiger partial charge in [0.1, 0.15) is 11.5 Å². The van der Waals surface area contributed by atoms with E-state index < -0.39 is 0 Å². The molecular weight excluding hydrogens is 312 g/mol. The fraction of sp³-hybridized carbons (Fsp3) is 0.176. The summed E-state index contributed by atoms with van der Waals surface area (Å²) in [5.74, 6) is 0.955. The zero-order valence-corrected chi connectivity index (χ0v) is 13.8. The second-order valence-electron chi connectivity index (χ2n) is 4.57. The summed E-state index contributed by atoms with van der Waals surface area (Å²) >= 11 is 5.17. The molecule has 120 valence electrons. The molecule has 0 atom stereocenters. The molecule has 0 radical (unpaired) electrons. The summed E-state index contributed by atoms with van der Waals surface area (Å²) in [6, 6.07) is 14.3. The van der Waals surface area contributed by atoms with Crippen molar-refractivity contribution in [3.8, 4) is 11.5 Å². The van der Waals surface area contributed by atoms with Crippen molar-refractivity contribution in [2.24, 2.45) is 0 Å². The maximum Gasteiger partial charge on any atom is 0.261 e. The summed E-state index contributed by atoms with van der Waals surface area (Å²) in [6.45, 7) is 2.35. The Morgan fingerprint density at radius 3 is 2.48 bits per heavy atom. The SMILES string of the molecule is CCOc1ccccc1C(=O)NC(=S)Nc1ccc(OC)cc1. The van der Waals surface area contributed by atoms with Crippen molar-refractivity contribution in [1.29, 1.82) is 0 Å². The third-order valence-electron chi connectivity index (χ3n) is 3.01. The van der Waals surface area contributed by atoms with Gasteiger partial charge in [0.15, 0.2) is 5.11 Å². The van der Waals surface area contributed by atoms with Crippen molar-refractivity contribution in [3.05, 3.63) is 54.1 Å². The molecule has 0 saturated heterocycles. The lowest BCUT2D eigenvalue weighted by Crippen LogP contribution is -2.34. The number of methoxy groups -OCH3 is 1. The lowest BCUT2D eigenvalue weighted by atomic mass is 10.2. The van der Waals surface area contributed by atoms with Crippen LogP contribution in [0.4, 0.5) is 5.69 Å². The zero-order valence-electron chi connectivity index (χ0n) is 13.0. The lowest BCUT2D eigenvalue weighted by Gasteiger charge is -2.12. The van der Waals surface area contributed by atoms with E-state index in [9.17, 15) is 4.79 Å². The molecule has 2 rings (SSSR count). The standard InChI is InChI=1S/C17H18N2O3S/c1-3-22-15-7-5-4-6-14(15)16(20)19-17(23)18-12-8-10-13(21-2)11-9-12/h4-11H,3H2,1-2H3,(H2,18,19,20,23). The largest absolute Gasteiger partial charge is 0.497 e. The molecule has 2 aromatic rings. The summed E-state index contributed by atoms with van der Waals surface area (Å²) in [6.07, 6.45) is 0. The molecule has 0 spiro atoms. The molecule has 0 saturated carbocycles. The second kappa shape index (κ2) is 8.14. The molecule has 6 heteroatoms. The monoisotopic (exact) mass is 330 g/mol. The predicted octanol–water partition coefficient (Wildman–Crippen LogP) is 3.22. The molecule has 0 unspecified atom stereocenters. The van der Waals surface area contributed by atoms with Crippen LogP contribution in [0.15, 0.2) is 48.5 Å². The van der Waals surface area contributed by atoms with Gasteiger partial charge in [-0.25, -0.2) is 0 Å². The topological polar surface area (TPSA) is 59.6 Å². The summed E-state index contributed by atoms with van der Waals surface area (Å²) in [5.41, 5.74) is 1.20. The number of carbonyl (C=O) groups is 1. The average Bonchev–Trinajstić information content (AvgIpc) is 2.56. The number of thiocarbonyl (C=S) groups is 1. The number of para-hydroxylation sites is 1. The zero-order chi connectivity index (χ0) is 16.7. The molecule has 2 aromatic carbocycles. The van der Waals surface area contributed by atoms with Crippen molar-refractivity contribution in [2.45, 2.75) is 6.92 Å². The summed E-state index contributed by atoms with van der Waals surface area (Å²) in [5, 5.41) is 5.81. The van der Waals surface area contributed by atoms with E-state index in [0.717, 1.165) is 11.4 Å². The molecular formula is C17H18N2O3S. The van der Waals surface area contributed by atoms with Gasteiger partial charge in [-0.3, -0.25) is 10.1 Å². The number of ether oxygens (including phenoxy) is 2. The number of nitrogens with one attached hydrogen (secondary N) is 2. The van der Waals surface area contributed by atoms with Crippen LogP contribution in [0, 0.1) is 0 Å². The Morgan fingerprint density at radius 2 is 1.83 bits per heavy atom. The smallest absolute Gasteiger partial charge is 0.261 e. The van der Waals surface area contributed by atoms with E-state index in [1.54, 1.807) is 37.4 Å². The van der Waals surface area contributed by atoms with Gasteiger partial charge in [-0.2, -0.15) is 0 Å². The van der Waals surface area contributed by atoms with E-state index in [0.29, 0.717) is 17.9 Å². The van der Waals surface area contributed by atoms with Gasteiger partial charge in [0.25, 0.3) is 5.91 Å². The van der Waals surface area contributed by atoms with Crippen LogP contribution in [-0.4, -0.2) is 24.7 Å². The molecule has 2 N–H and O–H groups in total. The van der Waals surface area contributed by atoms with Crippen molar-refractivity contribution in [1.82, 2.24) is 5.32 Å². The number of carbonyl (C=O) groups excluding carboxylic acids is 1. The van der Waals surface area contributed by atoms with E-state index in [1.165, 1.54) is 0 Å². The average molecular weight is 330 g/mol.